The van der Waals surface area contributed by atoms with Crippen LogP contribution >= 0.6 is 11.6 Å². The van der Waals surface area contributed by atoms with E-state index in [9.17, 15) is 4.79 Å². The van der Waals surface area contributed by atoms with Crippen LogP contribution in [0, 0.1) is 6.92 Å². The average molecular weight is 339 g/mol. The molecule has 24 heavy (non-hydrogen) atoms. The van der Waals surface area contributed by atoms with Crippen molar-refractivity contribution >= 4 is 45.5 Å². The van der Waals surface area contributed by atoms with Crippen molar-refractivity contribution in [2.75, 3.05) is 23.9 Å². The number of carbonyl (C=O) groups is 1. The highest BCUT2D eigenvalue weighted by atomic mass is 35.5. The molecule has 1 amide bonds. The number of fused-ring (bicyclic) bond motifs is 3. The van der Waals surface area contributed by atoms with Crippen LogP contribution in [0.4, 0.5) is 17.2 Å². The molecule has 1 aliphatic rings. The molecule has 0 fully saturated rings. The maximum Gasteiger partial charge on any atom is 0.260 e. The Kier molecular flexibility index (Phi) is 3.21. The largest absolute Gasteiger partial charge is 0.327 e. The van der Waals surface area contributed by atoms with Crippen LogP contribution < -0.4 is 9.80 Å². The second kappa shape index (κ2) is 5.18. The summed E-state index contributed by atoms with van der Waals surface area (Å²) in [6.07, 6.45) is 0. The Bertz CT molecular complexity index is 1000. The van der Waals surface area contributed by atoms with Gasteiger partial charge in [-0.05, 0) is 41.4 Å². The number of anilines is 3. The summed E-state index contributed by atoms with van der Waals surface area (Å²) in [5.41, 5.74) is 2.78. The fraction of sp³-hybridized carbons (Fsp3) is 0.167. The molecule has 4 rings (SSSR count). The predicted molar refractivity (Wildman–Crippen MR) is 96.5 cm³/mol. The van der Waals surface area contributed by atoms with Gasteiger partial charge in [-0.25, -0.2) is 4.98 Å². The molecule has 0 saturated heterocycles. The van der Waals surface area contributed by atoms with E-state index in [1.54, 1.807) is 11.9 Å². The van der Waals surface area contributed by atoms with Crippen LogP contribution in [-0.4, -0.2) is 30.0 Å². The number of amides is 1. The van der Waals surface area contributed by atoms with Gasteiger partial charge in [0.2, 0.25) is 5.28 Å². The van der Waals surface area contributed by atoms with Gasteiger partial charge >= 0.3 is 0 Å². The molecule has 0 N–H and O–H groups in total. The molecule has 5 nitrogen and oxygen atoms in total. The van der Waals surface area contributed by atoms with Gasteiger partial charge in [0.05, 0.1) is 16.9 Å². The van der Waals surface area contributed by atoms with Crippen LogP contribution in [0.15, 0.2) is 36.4 Å². The summed E-state index contributed by atoms with van der Waals surface area (Å²) in [6, 6.07) is 11.9. The van der Waals surface area contributed by atoms with Gasteiger partial charge in [0.1, 0.15) is 5.69 Å². The highest BCUT2D eigenvalue weighted by Gasteiger charge is 2.30. The number of benzene rings is 2. The van der Waals surface area contributed by atoms with Crippen LogP contribution in [0.25, 0.3) is 10.8 Å². The van der Waals surface area contributed by atoms with Crippen LogP contribution in [0.3, 0.4) is 0 Å². The summed E-state index contributed by atoms with van der Waals surface area (Å²) in [5.74, 6) is 0.535. The summed E-state index contributed by atoms with van der Waals surface area (Å²) in [7, 11) is 3.63. The topological polar surface area (TPSA) is 49.3 Å². The molecule has 0 aliphatic carbocycles. The number of hydrogen-bond donors (Lipinski definition) is 0. The number of aryl methyl sites for hydroxylation is 1. The Morgan fingerprint density at radius 2 is 1.67 bits per heavy atom. The standard InChI is InChI=1S/C18H15ClN4O/c1-10-15-16(21-18(19)20-10)22(2)14-9-12-7-5-4-6-11(12)8-13(14)17(24)23(15)3/h4-9H,1-3H3. The quantitative estimate of drug-likeness (QED) is 0.582. The number of carbonyl (C=O) groups excluding carboxylic acids is 1. The van der Waals surface area contributed by atoms with Gasteiger partial charge in [-0.2, -0.15) is 4.98 Å². The van der Waals surface area contributed by atoms with E-state index in [1.807, 2.05) is 55.3 Å². The Morgan fingerprint density at radius 1 is 1.00 bits per heavy atom. The fourth-order valence-electron chi connectivity index (χ4n) is 3.22. The molecular formula is C18H15ClN4O. The lowest BCUT2D eigenvalue weighted by molar-refractivity contribution is 0.0994. The monoisotopic (exact) mass is 338 g/mol. The van der Waals surface area contributed by atoms with Gasteiger partial charge in [-0.15, -0.1) is 0 Å². The first-order valence-electron chi connectivity index (χ1n) is 7.56. The van der Waals surface area contributed by atoms with E-state index in [0.29, 0.717) is 22.8 Å². The van der Waals surface area contributed by atoms with E-state index >= 15 is 0 Å². The van der Waals surface area contributed by atoms with E-state index in [1.165, 1.54) is 0 Å². The third-order valence-corrected chi connectivity index (χ3v) is 4.60. The maximum atomic E-state index is 13.0. The third kappa shape index (κ3) is 2.05. The number of aromatic nitrogens is 2. The molecule has 1 aliphatic heterocycles. The van der Waals surface area contributed by atoms with Gasteiger partial charge in [0.15, 0.2) is 5.82 Å². The van der Waals surface area contributed by atoms with Crippen molar-refractivity contribution in [1.29, 1.82) is 0 Å². The summed E-state index contributed by atoms with van der Waals surface area (Å²) in [4.78, 5) is 25.1. The van der Waals surface area contributed by atoms with Gasteiger partial charge in [0, 0.05) is 14.1 Å². The van der Waals surface area contributed by atoms with Crippen molar-refractivity contribution in [3.63, 3.8) is 0 Å². The van der Waals surface area contributed by atoms with E-state index < -0.39 is 0 Å². The average Bonchev–Trinajstić information content (AvgIpc) is 2.64. The fourth-order valence-corrected chi connectivity index (χ4v) is 3.43. The lowest BCUT2D eigenvalue weighted by Gasteiger charge is -2.22. The molecular weight excluding hydrogens is 324 g/mol. The molecule has 1 aromatic heterocycles. The van der Waals surface area contributed by atoms with Gasteiger partial charge in [-0.1, -0.05) is 24.3 Å². The Balaban J connectivity index is 2.07. The smallest absolute Gasteiger partial charge is 0.260 e. The second-order valence-corrected chi connectivity index (χ2v) is 6.23. The van der Waals surface area contributed by atoms with Crippen molar-refractivity contribution in [3.8, 4) is 0 Å². The Hall–Kier alpha value is -2.66. The highest BCUT2D eigenvalue weighted by molar-refractivity contribution is 6.28. The van der Waals surface area contributed by atoms with Crippen molar-refractivity contribution in [3.05, 3.63) is 52.9 Å². The maximum absolute atomic E-state index is 13.0. The van der Waals surface area contributed by atoms with E-state index in [4.69, 9.17) is 11.6 Å². The first-order valence-corrected chi connectivity index (χ1v) is 7.94. The zero-order chi connectivity index (χ0) is 17.0. The van der Waals surface area contributed by atoms with Gasteiger partial charge in [0.25, 0.3) is 5.91 Å². The van der Waals surface area contributed by atoms with E-state index in [-0.39, 0.29) is 11.2 Å². The lowest BCUT2D eigenvalue weighted by atomic mass is 10.0. The number of rotatable bonds is 0. The van der Waals surface area contributed by atoms with Gasteiger partial charge in [-0.3, -0.25) is 4.79 Å². The third-order valence-electron chi connectivity index (χ3n) is 4.43. The summed E-state index contributed by atoms with van der Waals surface area (Å²) < 4.78 is 0. The van der Waals surface area contributed by atoms with Crippen LogP contribution in [0.1, 0.15) is 16.1 Å². The molecule has 0 bridgehead atoms. The Morgan fingerprint density at radius 3 is 2.38 bits per heavy atom. The minimum Gasteiger partial charge on any atom is -0.327 e. The molecule has 6 heteroatoms. The van der Waals surface area contributed by atoms with Crippen LogP contribution in [-0.2, 0) is 0 Å². The van der Waals surface area contributed by atoms with Gasteiger partial charge < -0.3 is 9.80 Å². The van der Waals surface area contributed by atoms with Crippen LogP contribution in [0.2, 0.25) is 5.28 Å². The predicted octanol–water partition coefficient (Wildman–Crippen LogP) is 3.95. The number of halogens is 1. The highest BCUT2D eigenvalue weighted by Crippen LogP contribution is 2.41. The number of hydrogen-bond acceptors (Lipinski definition) is 4. The molecule has 0 unspecified atom stereocenters. The lowest BCUT2D eigenvalue weighted by Crippen LogP contribution is -2.26. The summed E-state index contributed by atoms with van der Waals surface area (Å²) in [5, 5.41) is 2.26. The molecule has 2 aromatic carbocycles. The first kappa shape index (κ1) is 14.9. The van der Waals surface area contributed by atoms with Crippen LogP contribution in [0.5, 0.6) is 0 Å². The molecule has 2 heterocycles. The van der Waals surface area contributed by atoms with E-state index in [2.05, 4.69) is 9.97 Å². The normalized spacial score (nSPS) is 13.8. The first-order chi connectivity index (χ1) is 11.5. The zero-order valence-corrected chi connectivity index (χ0v) is 14.3. The second-order valence-electron chi connectivity index (χ2n) is 5.89. The van der Waals surface area contributed by atoms with Crippen molar-refractivity contribution in [1.82, 2.24) is 9.97 Å². The van der Waals surface area contributed by atoms with Crippen molar-refractivity contribution in [2.24, 2.45) is 0 Å². The molecule has 0 atom stereocenters. The molecule has 0 radical (unpaired) electrons. The summed E-state index contributed by atoms with van der Waals surface area (Å²) >= 11 is 6.05. The molecule has 120 valence electrons. The molecule has 3 aromatic rings. The zero-order valence-electron chi connectivity index (χ0n) is 13.5. The SMILES string of the molecule is Cc1nc(Cl)nc2c1N(C)C(=O)c1cc3ccccc3cc1N2C. The molecule has 0 saturated carbocycles. The minimum absolute atomic E-state index is 0.0876. The Labute approximate surface area is 144 Å². The van der Waals surface area contributed by atoms with E-state index in [0.717, 1.165) is 16.5 Å². The molecule has 0 spiro atoms. The summed E-state index contributed by atoms with van der Waals surface area (Å²) in [6.45, 7) is 1.83. The van der Waals surface area contributed by atoms with Crippen molar-refractivity contribution in [2.45, 2.75) is 6.92 Å². The minimum atomic E-state index is -0.0876. The van der Waals surface area contributed by atoms with Crippen molar-refractivity contribution < 1.29 is 4.79 Å². The number of nitrogens with zero attached hydrogens (tertiary/aromatic N) is 4.